The highest BCUT2D eigenvalue weighted by Crippen LogP contribution is 2.35. The molecule has 1 aromatic heterocycles. The van der Waals surface area contributed by atoms with Gasteiger partial charge in [0.05, 0.1) is 12.0 Å². The van der Waals surface area contributed by atoms with Crippen molar-refractivity contribution in [1.29, 1.82) is 5.26 Å². The molecule has 0 aliphatic heterocycles. The monoisotopic (exact) mass is 229 g/mol. The number of aromatic nitrogens is 1. The van der Waals surface area contributed by atoms with Crippen molar-refractivity contribution in [2.24, 2.45) is 0 Å². The van der Waals surface area contributed by atoms with E-state index in [0.29, 0.717) is 6.07 Å². The van der Waals surface area contributed by atoms with Gasteiger partial charge in [0, 0.05) is 0 Å². The third-order valence-corrected chi connectivity index (χ3v) is 1.72. The zero-order valence-corrected chi connectivity index (χ0v) is 7.98. The molecule has 0 saturated carbocycles. The van der Waals surface area contributed by atoms with Crippen LogP contribution in [-0.4, -0.2) is 17.0 Å². The van der Waals surface area contributed by atoms with Crippen LogP contribution in [0.1, 0.15) is 17.7 Å². The largest absolute Gasteiger partial charge is 0.476 e. The van der Waals surface area contributed by atoms with Gasteiger partial charge in [-0.3, -0.25) is 10.1 Å². The average Bonchev–Trinajstić information content (AvgIpc) is 2.26. The van der Waals surface area contributed by atoms with Gasteiger partial charge in [-0.1, -0.05) is 0 Å². The van der Waals surface area contributed by atoms with Gasteiger partial charge < -0.3 is 4.74 Å². The van der Waals surface area contributed by atoms with Gasteiger partial charge in [-0.25, -0.2) is 8.78 Å². The third kappa shape index (κ3) is 2.03. The lowest BCUT2D eigenvalue weighted by Crippen LogP contribution is -2.03. The number of hydrogen-bond donors (Lipinski definition) is 0. The molecule has 0 radical (unpaired) electrons. The number of nitrogens with zero attached hydrogens (tertiary/aromatic N) is 3. The van der Waals surface area contributed by atoms with Crippen LogP contribution in [-0.2, 0) is 0 Å². The predicted octanol–water partition coefficient (Wildman–Crippen LogP) is 1.81. The van der Waals surface area contributed by atoms with E-state index < -0.39 is 28.5 Å². The standard InChI is InChI=1S/C8H5F2N3O3/c1-16-8-6(13(14)15)5(7(9)10)2-4(3-11)12-8/h2,7H,1H3. The number of alkyl halides is 2. The summed E-state index contributed by atoms with van der Waals surface area (Å²) in [7, 11) is 1.05. The lowest BCUT2D eigenvalue weighted by molar-refractivity contribution is -0.387. The molecule has 84 valence electrons. The molecule has 1 rings (SSSR count). The topological polar surface area (TPSA) is 89.0 Å². The van der Waals surface area contributed by atoms with Crippen molar-refractivity contribution < 1.29 is 18.4 Å². The Kier molecular flexibility index (Phi) is 3.30. The maximum absolute atomic E-state index is 12.5. The van der Waals surface area contributed by atoms with Gasteiger partial charge in [-0.2, -0.15) is 10.2 Å². The maximum atomic E-state index is 12.5. The molecular formula is C8H5F2N3O3. The van der Waals surface area contributed by atoms with E-state index in [1.807, 2.05) is 0 Å². The van der Waals surface area contributed by atoms with Crippen LogP contribution in [0.3, 0.4) is 0 Å². The fourth-order valence-electron chi connectivity index (χ4n) is 1.08. The Morgan fingerprint density at radius 2 is 2.31 bits per heavy atom. The van der Waals surface area contributed by atoms with E-state index in [1.54, 1.807) is 0 Å². The average molecular weight is 229 g/mol. The van der Waals surface area contributed by atoms with Crippen LogP contribution in [0.2, 0.25) is 0 Å². The molecule has 8 heteroatoms. The van der Waals surface area contributed by atoms with Gasteiger partial charge >= 0.3 is 5.69 Å². The lowest BCUT2D eigenvalue weighted by Gasteiger charge is -2.05. The Morgan fingerprint density at radius 1 is 1.69 bits per heavy atom. The van der Waals surface area contributed by atoms with Crippen molar-refractivity contribution in [3.05, 3.63) is 27.4 Å². The molecule has 1 aromatic rings. The molecule has 0 spiro atoms. The van der Waals surface area contributed by atoms with E-state index in [1.165, 1.54) is 6.07 Å². The minimum atomic E-state index is -3.08. The van der Waals surface area contributed by atoms with Gasteiger partial charge in [-0.05, 0) is 6.07 Å². The summed E-state index contributed by atoms with van der Waals surface area (Å²) in [6.07, 6.45) is -3.08. The molecule has 0 fully saturated rings. The Labute approximate surface area is 88.2 Å². The van der Waals surface area contributed by atoms with E-state index in [-0.39, 0.29) is 5.69 Å². The number of rotatable bonds is 3. The minimum absolute atomic E-state index is 0.363. The first kappa shape index (κ1) is 11.8. The number of nitro groups is 1. The van der Waals surface area contributed by atoms with E-state index in [0.717, 1.165) is 7.11 Å². The minimum Gasteiger partial charge on any atom is -0.476 e. The van der Waals surface area contributed by atoms with E-state index in [2.05, 4.69) is 9.72 Å². The zero-order chi connectivity index (χ0) is 12.3. The number of pyridine rings is 1. The summed E-state index contributed by atoms with van der Waals surface area (Å²) in [5.41, 5.74) is -2.16. The Bertz CT molecular complexity index is 470. The quantitative estimate of drug-likeness (QED) is 0.582. The Hall–Kier alpha value is -2.30. The summed E-state index contributed by atoms with van der Waals surface area (Å²) in [5, 5.41) is 19.1. The van der Waals surface area contributed by atoms with Crippen molar-refractivity contribution in [2.75, 3.05) is 7.11 Å². The van der Waals surface area contributed by atoms with Crippen LogP contribution in [0.4, 0.5) is 14.5 Å². The smallest absolute Gasteiger partial charge is 0.339 e. The molecule has 0 bridgehead atoms. The number of hydrogen-bond acceptors (Lipinski definition) is 5. The molecule has 0 aliphatic rings. The van der Waals surface area contributed by atoms with Crippen molar-refractivity contribution in [2.45, 2.75) is 6.43 Å². The van der Waals surface area contributed by atoms with Crippen LogP contribution in [0.25, 0.3) is 0 Å². The second-order valence-corrected chi connectivity index (χ2v) is 2.62. The van der Waals surface area contributed by atoms with Gasteiger partial charge in [0.15, 0.2) is 0 Å². The SMILES string of the molecule is COc1nc(C#N)cc(C(F)F)c1[N+](=O)[O-]. The molecule has 0 aromatic carbocycles. The summed E-state index contributed by atoms with van der Waals surface area (Å²) in [6, 6.07) is 2.19. The van der Waals surface area contributed by atoms with E-state index in [4.69, 9.17) is 5.26 Å². The van der Waals surface area contributed by atoms with Crippen molar-refractivity contribution >= 4 is 5.69 Å². The highest BCUT2D eigenvalue weighted by molar-refractivity contribution is 5.52. The van der Waals surface area contributed by atoms with Gasteiger partial charge in [-0.15, -0.1) is 0 Å². The first-order valence-corrected chi connectivity index (χ1v) is 3.92. The summed E-state index contributed by atoms with van der Waals surface area (Å²) in [6.45, 7) is 0. The molecule has 6 nitrogen and oxygen atoms in total. The predicted molar refractivity (Wildman–Crippen MR) is 47.1 cm³/mol. The molecule has 0 atom stereocenters. The maximum Gasteiger partial charge on any atom is 0.339 e. The van der Waals surface area contributed by atoms with Crippen LogP contribution in [0.15, 0.2) is 6.07 Å². The van der Waals surface area contributed by atoms with E-state index >= 15 is 0 Å². The van der Waals surface area contributed by atoms with Gasteiger partial charge in [0.1, 0.15) is 17.3 Å². The molecule has 0 aliphatic carbocycles. The molecule has 1 heterocycles. The van der Waals surface area contributed by atoms with Crippen LogP contribution < -0.4 is 4.74 Å². The van der Waals surface area contributed by atoms with E-state index in [9.17, 15) is 18.9 Å². The third-order valence-electron chi connectivity index (χ3n) is 1.72. The Morgan fingerprint density at radius 3 is 2.69 bits per heavy atom. The molecule has 0 N–H and O–H groups in total. The second-order valence-electron chi connectivity index (χ2n) is 2.62. The van der Waals surface area contributed by atoms with Crippen LogP contribution in [0.5, 0.6) is 5.88 Å². The Balaban J connectivity index is 3.55. The number of nitriles is 1. The first-order valence-electron chi connectivity index (χ1n) is 3.92. The highest BCUT2D eigenvalue weighted by Gasteiger charge is 2.29. The number of halogens is 2. The summed E-state index contributed by atoms with van der Waals surface area (Å²) in [4.78, 5) is 13.0. The second kappa shape index (κ2) is 4.48. The van der Waals surface area contributed by atoms with Gasteiger partial charge in [0.25, 0.3) is 12.3 Å². The fourth-order valence-corrected chi connectivity index (χ4v) is 1.08. The number of ether oxygens (including phenoxy) is 1. The normalized spacial score (nSPS) is 9.94. The summed E-state index contributed by atoms with van der Waals surface area (Å²) in [5.74, 6) is -0.598. The molecule has 0 unspecified atom stereocenters. The highest BCUT2D eigenvalue weighted by atomic mass is 19.3. The molecule has 16 heavy (non-hydrogen) atoms. The number of methoxy groups -OCH3 is 1. The van der Waals surface area contributed by atoms with Crippen LogP contribution >= 0.6 is 0 Å². The fraction of sp³-hybridized carbons (Fsp3) is 0.250. The zero-order valence-electron chi connectivity index (χ0n) is 7.98. The summed E-state index contributed by atoms with van der Waals surface area (Å²) < 4.78 is 29.5. The molecule has 0 amide bonds. The molecule has 0 saturated heterocycles. The van der Waals surface area contributed by atoms with Crippen molar-refractivity contribution in [3.8, 4) is 11.9 Å². The molecular weight excluding hydrogens is 224 g/mol. The van der Waals surface area contributed by atoms with Crippen molar-refractivity contribution in [3.63, 3.8) is 0 Å². The lowest BCUT2D eigenvalue weighted by atomic mass is 10.2. The van der Waals surface area contributed by atoms with Gasteiger partial charge in [0.2, 0.25) is 0 Å². The van der Waals surface area contributed by atoms with Crippen LogP contribution in [0, 0.1) is 21.4 Å². The van der Waals surface area contributed by atoms with Crippen molar-refractivity contribution in [1.82, 2.24) is 4.98 Å². The summed E-state index contributed by atoms with van der Waals surface area (Å²) >= 11 is 0. The first-order chi connectivity index (χ1) is 7.51.